The number of amides is 2. The van der Waals surface area contributed by atoms with Crippen LogP contribution < -0.4 is 10.9 Å². The summed E-state index contributed by atoms with van der Waals surface area (Å²) in [6.07, 6.45) is 1.63. The lowest BCUT2D eigenvalue weighted by atomic mass is 10.0. The summed E-state index contributed by atoms with van der Waals surface area (Å²) in [5.41, 5.74) is 6.60. The molecule has 1 aromatic heterocycles. The van der Waals surface area contributed by atoms with Crippen molar-refractivity contribution in [2.24, 2.45) is 0 Å². The summed E-state index contributed by atoms with van der Waals surface area (Å²) >= 11 is 0. The van der Waals surface area contributed by atoms with Crippen LogP contribution in [0.4, 0.5) is 0 Å². The molecule has 0 radical (unpaired) electrons. The quantitative estimate of drug-likeness (QED) is 0.505. The number of hydrogen-bond donors (Lipinski definition) is 2. The molecule has 0 aliphatic carbocycles. The number of rotatable bonds is 6. The number of hydrogen-bond acceptors (Lipinski definition) is 6. The molecule has 1 fully saturated rings. The molecular formula is C24H28N6O4S. The minimum Gasteiger partial charge on any atom is -0.267 e. The van der Waals surface area contributed by atoms with Crippen molar-refractivity contribution in [3.63, 3.8) is 0 Å². The van der Waals surface area contributed by atoms with E-state index in [1.165, 1.54) is 28.6 Å². The molecule has 2 amide bonds. The van der Waals surface area contributed by atoms with Crippen LogP contribution in [0, 0.1) is 6.92 Å². The van der Waals surface area contributed by atoms with Crippen LogP contribution in [0.25, 0.3) is 5.69 Å². The van der Waals surface area contributed by atoms with Crippen molar-refractivity contribution in [3.8, 4) is 5.69 Å². The van der Waals surface area contributed by atoms with E-state index in [9.17, 15) is 18.0 Å². The monoisotopic (exact) mass is 496 g/mol. The maximum absolute atomic E-state index is 12.8. The largest absolute Gasteiger partial charge is 0.309 e. The molecule has 1 aliphatic rings. The van der Waals surface area contributed by atoms with Gasteiger partial charge in [-0.15, -0.1) is 5.10 Å². The van der Waals surface area contributed by atoms with Crippen LogP contribution in [0.2, 0.25) is 0 Å². The van der Waals surface area contributed by atoms with Gasteiger partial charge in [0.25, 0.3) is 5.91 Å². The van der Waals surface area contributed by atoms with E-state index < -0.39 is 21.8 Å². The van der Waals surface area contributed by atoms with Gasteiger partial charge in [0.15, 0.2) is 0 Å². The zero-order chi connectivity index (χ0) is 25.2. The fraction of sp³-hybridized carbons (Fsp3) is 0.333. The predicted molar refractivity (Wildman–Crippen MR) is 130 cm³/mol. The Morgan fingerprint density at radius 3 is 2.37 bits per heavy atom. The molecule has 11 heteroatoms. The lowest BCUT2D eigenvalue weighted by Gasteiger charge is -2.16. The Morgan fingerprint density at radius 2 is 1.66 bits per heavy atom. The number of benzene rings is 2. The summed E-state index contributed by atoms with van der Waals surface area (Å²) in [5.74, 6) is -0.682. The lowest BCUT2D eigenvalue weighted by Crippen LogP contribution is -2.42. The number of carbonyl (C=O) groups is 2. The third-order valence-corrected chi connectivity index (χ3v) is 7.74. The van der Waals surface area contributed by atoms with Crippen molar-refractivity contribution in [1.29, 1.82) is 0 Å². The Bertz CT molecular complexity index is 1360. The maximum atomic E-state index is 12.8. The average molecular weight is 497 g/mol. The summed E-state index contributed by atoms with van der Waals surface area (Å²) in [7, 11) is -3.66. The Morgan fingerprint density at radius 1 is 0.971 bits per heavy atom. The highest BCUT2D eigenvalue weighted by Gasteiger charge is 2.27. The molecule has 0 unspecified atom stereocenters. The SMILES string of the molecule is Cc1nc(C(=O)NNC(=O)c2cccc(S(=O)(=O)N3CCCC3)c2)nn1-c1ccccc1C(C)C. The van der Waals surface area contributed by atoms with Crippen molar-refractivity contribution in [1.82, 2.24) is 29.9 Å². The topological polar surface area (TPSA) is 126 Å². The van der Waals surface area contributed by atoms with E-state index in [0.29, 0.717) is 18.9 Å². The number of hydrazine groups is 1. The Kier molecular flexibility index (Phi) is 6.99. The maximum Gasteiger partial charge on any atom is 0.309 e. The Hall–Kier alpha value is -3.57. The number of aromatic nitrogens is 3. The van der Waals surface area contributed by atoms with Gasteiger partial charge >= 0.3 is 5.91 Å². The van der Waals surface area contributed by atoms with Gasteiger partial charge in [-0.05, 0) is 55.5 Å². The molecule has 0 bridgehead atoms. The van der Waals surface area contributed by atoms with Crippen molar-refractivity contribution in [2.75, 3.05) is 13.1 Å². The van der Waals surface area contributed by atoms with Crippen molar-refractivity contribution < 1.29 is 18.0 Å². The molecule has 2 N–H and O–H groups in total. The van der Waals surface area contributed by atoms with Gasteiger partial charge in [0.1, 0.15) is 5.82 Å². The van der Waals surface area contributed by atoms with Crippen LogP contribution in [0.5, 0.6) is 0 Å². The fourth-order valence-corrected chi connectivity index (χ4v) is 5.56. The van der Waals surface area contributed by atoms with Crippen LogP contribution in [0.15, 0.2) is 53.4 Å². The van der Waals surface area contributed by atoms with E-state index in [1.54, 1.807) is 11.6 Å². The van der Waals surface area contributed by atoms with Gasteiger partial charge in [0, 0.05) is 18.7 Å². The molecule has 2 heterocycles. The second-order valence-electron chi connectivity index (χ2n) is 8.66. The highest BCUT2D eigenvalue weighted by molar-refractivity contribution is 7.89. The van der Waals surface area contributed by atoms with Crippen LogP contribution in [0.3, 0.4) is 0 Å². The summed E-state index contributed by atoms with van der Waals surface area (Å²) in [5, 5.41) is 4.32. The molecule has 3 aromatic rings. The van der Waals surface area contributed by atoms with Gasteiger partial charge < -0.3 is 0 Å². The number of nitrogens with one attached hydrogen (secondary N) is 2. The van der Waals surface area contributed by atoms with Crippen molar-refractivity contribution in [3.05, 3.63) is 71.3 Å². The van der Waals surface area contributed by atoms with Crippen molar-refractivity contribution >= 4 is 21.8 Å². The number of para-hydroxylation sites is 1. The van der Waals surface area contributed by atoms with Crippen LogP contribution in [-0.4, -0.2) is 52.4 Å². The van der Waals surface area contributed by atoms with Crippen LogP contribution in [-0.2, 0) is 10.0 Å². The van der Waals surface area contributed by atoms with Gasteiger partial charge in [0.2, 0.25) is 15.8 Å². The molecule has 2 aromatic carbocycles. The third kappa shape index (κ3) is 5.10. The highest BCUT2D eigenvalue weighted by atomic mass is 32.2. The smallest absolute Gasteiger partial charge is 0.267 e. The molecule has 0 spiro atoms. The van der Waals surface area contributed by atoms with Gasteiger partial charge in [-0.3, -0.25) is 20.4 Å². The molecule has 35 heavy (non-hydrogen) atoms. The molecule has 10 nitrogen and oxygen atoms in total. The van der Waals surface area contributed by atoms with Gasteiger partial charge in [0.05, 0.1) is 10.6 Å². The summed E-state index contributed by atoms with van der Waals surface area (Å²) < 4.78 is 28.6. The van der Waals surface area contributed by atoms with Crippen LogP contribution in [0.1, 0.15) is 65.0 Å². The molecule has 0 saturated carbocycles. The minimum atomic E-state index is -3.66. The first-order valence-electron chi connectivity index (χ1n) is 11.4. The molecule has 1 saturated heterocycles. The molecular weight excluding hydrogens is 468 g/mol. The predicted octanol–water partition coefficient (Wildman–Crippen LogP) is 2.56. The highest BCUT2D eigenvalue weighted by Crippen LogP contribution is 2.23. The van der Waals surface area contributed by atoms with E-state index >= 15 is 0 Å². The first kappa shape index (κ1) is 24.6. The number of aryl methyl sites for hydroxylation is 1. The Balaban J connectivity index is 1.46. The number of nitrogens with zero attached hydrogens (tertiary/aromatic N) is 4. The normalized spacial score (nSPS) is 14.3. The fourth-order valence-electron chi connectivity index (χ4n) is 4.00. The van der Waals surface area contributed by atoms with Gasteiger partial charge in [-0.25, -0.2) is 18.1 Å². The van der Waals surface area contributed by atoms with E-state index in [0.717, 1.165) is 24.1 Å². The van der Waals surface area contributed by atoms with Crippen LogP contribution >= 0.6 is 0 Å². The van der Waals surface area contributed by atoms with Gasteiger partial charge in [-0.1, -0.05) is 38.1 Å². The third-order valence-electron chi connectivity index (χ3n) is 5.85. The summed E-state index contributed by atoms with van der Waals surface area (Å²) in [6.45, 7) is 6.82. The standard InChI is InChI=1S/C24H28N6O4S/c1-16(2)20-11-4-5-12-21(20)30-17(3)25-22(28-30)24(32)27-26-23(31)18-9-8-10-19(15-18)35(33,34)29-13-6-7-14-29/h4-5,8-12,15-16H,6-7,13-14H2,1-3H3,(H,26,31)(H,27,32). The second-order valence-corrected chi connectivity index (χ2v) is 10.6. The molecule has 4 rings (SSSR count). The summed E-state index contributed by atoms with van der Waals surface area (Å²) in [4.78, 5) is 29.5. The van der Waals surface area contributed by atoms with E-state index in [4.69, 9.17) is 0 Å². The van der Waals surface area contributed by atoms with Crippen molar-refractivity contribution in [2.45, 2.75) is 44.4 Å². The van der Waals surface area contributed by atoms with Gasteiger partial charge in [-0.2, -0.15) is 4.31 Å². The zero-order valence-electron chi connectivity index (χ0n) is 19.9. The first-order chi connectivity index (χ1) is 16.7. The van der Waals surface area contributed by atoms with E-state index in [-0.39, 0.29) is 22.2 Å². The second kappa shape index (κ2) is 9.96. The van der Waals surface area contributed by atoms with E-state index in [2.05, 4.69) is 34.8 Å². The van der Waals surface area contributed by atoms with E-state index in [1.807, 2.05) is 24.3 Å². The lowest BCUT2D eigenvalue weighted by molar-refractivity contribution is 0.0841. The zero-order valence-corrected chi connectivity index (χ0v) is 20.7. The first-order valence-corrected chi connectivity index (χ1v) is 12.9. The summed E-state index contributed by atoms with van der Waals surface area (Å²) in [6, 6.07) is 13.5. The molecule has 184 valence electrons. The number of sulfonamides is 1. The average Bonchev–Trinajstić information content (AvgIpc) is 3.53. The minimum absolute atomic E-state index is 0.0400. The molecule has 1 aliphatic heterocycles. The molecule has 0 atom stereocenters. The number of carbonyl (C=O) groups excluding carboxylic acids is 2. The Labute approximate surface area is 204 Å².